The minimum absolute atomic E-state index is 0.162. The van der Waals surface area contributed by atoms with Crippen LogP contribution in [0.1, 0.15) is 12.5 Å². The summed E-state index contributed by atoms with van der Waals surface area (Å²) in [6.07, 6.45) is 0. The molecule has 0 aliphatic heterocycles. The monoisotopic (exact) mass is 197 g/mol. The second-order valence-corrected chi connectivity index (χ2v) is 3.33. The minimum Gasteiger partial charge on any atom is -0.383 e. The van der Waals surface area contributed by atoms with Crippen molar-refractivity contribution in [1.82, 2.24) is 5.32 Å². The first-order valence-corrected chi connectivity index (χ1v) is 4.69. The summed E-state index contributed by atoms with van der Waals surface area (Å²) in [6.45, 7) is 3.18. The molecule has 0 saturated carbocycles. The highest BCUT2D eigenvalue weighted by molar-refractivity contribution is 5.16. The van der Waals surface area contributed by atoms with Crippen molar-refractivity contribution in [2.75, 3.05) is 13.7 Å². The van der Waals surface area contributed by atoms with Gasteiger partial charge in [0.15, 0.2) is 0 Å². The lowest BCUT2D eigenvalue weighted by Crippen LogP contribution is -2.29. The van der Waals surface area contributed by atoms with Crippen molar-refractivity contribution in [2.45, 2.75) is 19.5 Å². The van der Waals surface area contributed by atoms with Gasteiger partial charge in [-0.1, -0.05) is 18.2 Å². The van der Waals surface area contributed by atoms with Crippen LogP contribution < -0.4 is 5.32 Å². The third-order valence-electron chi connectivity index (χ3n) is 2.02. The highest BCUT2D eigenvalue weighted by Crippen LogP contribution is 2.05. The molecule has 2 nitrogen and oxygen atoms in total. The number of methoxy groups -OCH3 is 1. The average Bonchev–Trinajstić information content (AvgIpc) is 2.17. The Morgan fingerprint density at radius 2 is 2.14 bits per heavy atom. The van der Waals surface area contributed by atoms with E-state index in [1.54, 1.807) is 19.2 Å². The number of hydrogen-bond donors (Lipinski definition) is 1. The van der Waals surface area contributed by atoms with Crippen molar-refractivity contribution in [3.63, 3.8) is 0 Å². The number of ether oxygens (including phenoxy) is 1. The molecule has 0 aliphatic carbocycles. The van der Waals surface area contributed by atoms with Gasteiger partial charge in [-0.25, -0.2) is 4.39 Å². The van der Waals surface area contributed by atoms with Crippen molar-refractivity contribution >= 4 is 0 Å². The Morgan fingerprint density at radius 3 is 2.79 bits per heavy atom. The first-order valence-electron chi connectivity index (χ1n) is 4.69. The quantitative estimate of drug-likeness (QED) is 0.779. The van der Waals surface area contributed by atoms with Crippen LogP contribution in [0.25, 0.3) is 0 Å². The molecule has 1 N–H and O–H groups in total. The summed E-state index contributed by atoms with van der Waals surface area (Å²) >= 11 is 0. The van der Waals surface area contributed by atoms with E-state index in [0.29, 0.717) is 18.7 Å². The molecule has 0 amide bonds. The maximum Gasteiger partial charge on any atom is 0.127 e. The number of hydrogen-bond acceptors (Lipinski definition) is 2. The topological polar surface area (TPSA) is 21.3 Å². The van der Waals surface area contributed by atoms with Gasteiger partial charge in [-0.2, -0.15) is 0 Å². The maximum atomic E-state index is 13.2. The molecular formula is C11H16FNO. The van der Waals surface area contributed by atoms with E-state index in [4.69, 9.17) is 4.74 Å². The van der Waals surface area contributed by atoms with E-state index in [1.807, 2.05) is 13.0 Å². The van der Waals surface area contributed by atoms with Gasteiger partial charge in [0.25, 0.3) is 0 Å². The van der Waals surface area contributed by atoms with Crippen LogP contribution in [0, 0.1) is 5.82 Å². The highest BCUT2D eigenvalue weighted by Gasteiger charge is 2.03. The zero-order chi connectivity index (χ0) is 10.4. The number of benzene rings is 1. The maximum absolute atomic E-state index is 13.2. The molecule has 3 heteroatoms. The van der Waals surface area contributed by atoms with Gasteiger partial charge in [0.05, 0.1) is 6.61 Å². The van der Waals surface area contributed by atoms with Crippen LogP contribution in [0.2, 0.25) is 0 Å². The summed E-state index contributed by atoms with van der Waals surface area (Å²) < 4.78 is 18.1. The largest absolute Gasteiger partial charge is 0.383 e. The fraction of sp³-hybridized carbons (Fsp3) is 0.455. The van der Waals surface area contributed by atoms with Crippen LogP contribution in [0.3, 0.4) is 0 Å². The molecule has 1 rings (SSSR count). The van der Waals surface area contributed by atoms with Crippen LogP contribution in [0.15, 0.2) is 24.3 Å². The second-order valence-electron chi connectivity index (χ2n) is 3.33. The van der Waals surface area contributed by atoms with Crippen molar-refractivity contribution in [2.24, 2.45) is 0 Å². The molecule has 0 aliphatic rings. The van der Waals surface area contributed by atoms with Gasteiger partial charge in [0, 0.05) is 25.3 Å². The molecule has 0 radical (unpaired) electrons. The molecule has 14 heavy (non-hydrogen) atoms. The Kier molecular flexibility index (Phi) is 4.56. The first kappa shape index (κ1) is 11.1. The Hall–Kier alpha value is -0.930. The normalized spacial score (nSPS) is 12.8. The zero-order valence-electron chi connectivity index (χ0n) is 8.59. The Morgan fingerprint density at radius 1 is 1.43 bits per heavy atom. The molecule has 0 heterocycles. The third kappa shape index (κ3) is 3.44. The van der Waals surface area contributed by atoms with Gasteiger partial charge < -0.3 is 10.1 Å². The zero-order valence-corrected chi connectivity index (χ0v) is 8.59. The third-order valence-corrected chi connectivity index (χ3v) is 2.02. The molecule has 78 valence electrons. The molecule has 0 aromatic heterocycles. The summed E-state index contributed by atoms with van der Waals surface area (Å²) in [4.78, 5) is 0. The lowest BCUT2D eigenvalue weighted by Gasteiger charge is -2.12. The van der Waals surface area contributed by atoms with E-state index in [9.17, 15) is 4.39 Å². The van der Waals surface area contributed by atoms with Crippen LogP contribution in [-0.4, -0.2) is 19.8 Å². The van der Waals surface area contributed by atoms with Gasteiger partial charge in [0.1, 0.15) is 5.82 Å². The van der Waals surface area contributed by atoms with Gasteiger partial charge in [-0.15, -0.1) is 0 Å². The SMILES string of the molecule is COC[C@H](C)NCc1ccccc1F. The van der Waals surface area contributed by atoms with E-state index >= 15 is 0 Å². The standard InChI is InChI=1S/C11H16FNO/c1-9(8-14-2)13-7-10-5-3-4-6-11(10)12/h3-6,9,13H,7-8H2,1-2H3/t9-/m0/s1. The summed E-state index contributed by atoms with van der Waals surface area (Å²) in [5.74, 6) is -0.162. The van der Waals surface area contributed by atoms with Crippen LogP contribution in [-0.2, 0) is 11.3 Å². The van der Waals surface area contributed by atoms with Crippen LogP contribution in [0.4, 0.5) is 4.39 Å². The summed E-state index contributed by atoms with van der Waals surface area (Å²) in [5, 5.41) is 3.18. The van der Waals surface area contributed by atoms with Crippen molar-refractivity contribution < 1.29 is 9.13 Å². The summed E-state index contributed by atoms with van der Waals surface area (Å²) in [7, 11) is 1.65. The molecule has 0 bridgehead atoms. The lowest BCUT2D eigenvalue weighted by molar-refractivity contribution is 0.171. The van der Waals surface area contributed by atoms with E-state index in [0.717, 1.165) is 0 Å². The molecule has 0 saturated heterocycles. The predicted molar refractivity (Wildman–Crippen MR) is 54.6 cm³/mol. The predicted octanol–water partition coefficient (Wildman–Crippen LogP) is 1.95. The molecular weight excluding hydrogens is 181 g/mol. The molecule has 1 aromatic rings. The van der Waals surface area contributed by atoms with Crippen molar-refractivity contribution in [3.8, 4) is 0 Å². The molecule has 1 atom stereocenters. The summed E-state index contributed by atoms with van der Waals surface area (Å²) in [5.41, 5.74) is 0.690. The number of nitrogens with one attached hydrogen (secondary N) is 1. The lowest BCUT2D eigenvalue weighted by atomic mass is 10.2. The fourth-order valence-electron chi connectivity index (χ4n) is 1.23. The van der Waals surface area contributed by atoms with E-state index in [1.165, 1.54) is 6.07 Å². The Bertz CT molecular complexity index is 278. The van der Waals surface area contributed by atoms with E-state index in [2.05, 4.69) is 5.32 Å². The second kappa shape index (κ2) is 5.73. The summed E-state index contributed by atoms with van der Waals surface area (Å²) in [6, 6.07) is 7.01. The molecule has 0 unspecified atom stereocenters. The number of halogens is 1. The fourth-order valence-corrected chi connectivity index (χ4v) is 1.23. The Balaban J connectivity index is 2.41. The van der Waals surface area contributed by atoms with Crippen molar-refractivity contribution in [3.05, 3.63) is 35.6 Å². The molecule has 0 spiro atoms. The molecule has 0 fully saturated rings. The average molecular weight is 197 g/mol. The van der Waals surface area contributed by atoms with Gasteiger partial charge in [0.2, 0.25) is 0 Å². The van der Waals surface area contributed by atoms with E-state index in [-0.39, 0.29) is 11.9 Å². The Labute approximate surface area is 84.1 Å². The highest BCUT2D eigenvalue weighted by atomic mass is 19.1. The van der Waals surface area contributed by atoms with Crippen LogP contribution in [0.5, 0.6) is 0 Å². The first-order chi connectivity index (χ1) is 6.74. The molecule has 1 aromatic carbocycles. The van der Waals surface area contributed by atoms with Gasteiger partial charge in [-0.05, 0) is 13.0 Å². The van der Waals surface area contributed by atoms with E-state index < -0.39 is 0 Å². The smallest absolute Gasteiger partial charge is 0.127 e. The van der Waals surface area contributed by atoms with Gasteiger partial charge in [-0.3, -0.25) is 0 Å². The minimum atomic E-state index is -0.162. The number of rotatable bonds is 5. The van der Waals surface area contributed by atoms with Gasteiger partial charge >= 0.3 is 0 Å². The van der Waals surface area contributed by atoms with Crippen LogP contribution >= 0.6 is 0 Å². The van der Waals surface area contributed by atoms with Crippen molar-refractivity contribution in [1.29, 1.82) is 0 Å².